The third kappa shape index (κ3) is 3.07. The second-order valence-electron chi connectivity index (χ2n) is 4.55. The van der Waals surface area contributed by atoms with Gasteiger partial charge in [0.2, 0.25) is 0 Å². The van der Waals surface area contributed by atoms with E-state index in [0.717, 1.165) is 26.0 Å². The molecule has 1 N–H and O–H groups in total. The van der Waals surface area contributed by atoms with Crippen molar-refractivity contribution >= 4 is 11.3 Å². The first-order chi connectivity index (χ1) is 8.29. The molecule has 0 amide bonds. The van der Waals surface area contributed by atoms with Gasteiger partial charge in [-0.05, 0) is 17.9 Å². The average Bonchev–Trinajstić information content (AvgIpc) is 3.01. The summed E-state index contributed by atoms with van der Waals surface area (Å²) in [5.41, 5.74) is -0.120. The van der Waals surface area contributed by atoms with Crippen molar-refractivity contribution in [2.45, 2.75) is 31.4 Å². The molecule has 0 bridgehead atoms. The summed E-state index contributed by atoms with van der Waals surface area (Å²) in [7, 11) is 1.78. The van der Waals surface area contributed by atoms with Gasteiger partial charge in [0, 0.05) is 37.6 Å². The zero-order valence-electron chi connectivity index (χ0n) is 10.6. The van der Waals surface area contributed by atoms with Gasteiger partial charge in [0.25, 0.3) is 0 Å². The Bertz CT molecular complexity index is 320. The molecule has 0 aliphatic carbocycles. The second kappa shape index (κ2) is 5.96. The van der Waals surface area contributed by atoms with Gasteiger partial charge in [0.05, 0.1) is 6.61 Å². The number of thiophene rings is 1. The highest BCUT2D eigenvalue weighted by molar-refractivity contribution is 7.10. The Labute approximate surface area is 107 Å². The van der Waals surface area contributed by atoms with Crippen LogP contribution < -0.4 is 5.32 Å². The molecule has 1 saturated heterocycles. The molecular formula is C13H21NO2S. The molecule has 2 atom stereocenters. The number of hydrogen-bond donors (Lipinski definition) is 1. The third-order valence-electron chi connectivity index (χ3n) is 3.47. The van der Waals surface area contributed by atoms with Crippen LogP contribution in [0.15, 0.2) is 17.5 Å². The number of rotatable bonds is 6. The van der Waals surface area contributed by atoms with Gasteiger partial charge in [-0.2, -0.15) is 0 Å². The topological polar surface area (TPSA) is 30.5 Å². The van der Waals surface area contributed by atoms with E-state index in [4.69, 9.17) is 9.47 Å². The van der Waals surface area contributed by atoms with Crippen molar-refractivity contribution in [2.24, 2.45) is 0 Å². The fraction of sp³-hybridized carbons (Fsp3) is 0.692. The molecule has 0 spiro atoms. The fourth-order valence-corrected chi connectivity index (χ4v) is 3.09. The average molecular weight is 255 g/mol. The predicted octanol–water partition coefficient (Wildman–Crippen LogP) is 2.59. The van der Waals surface area contributed by atoms with E-state index in [2.05, 4.69) is 29.8 Å². The molecule has 1 aromatic heterocycles. The monoisotopic (exact) mass is 255 g/mol. The summed E-state index contributed by atoms with van der Waals surface area (Å²) in [6, 6.07) is 4.73. The summed E-state index contributed by atoms with van der Waals surface area (Å²) in [6.45, 7) is 4.59. The summed E-state index contributed by atoms with van der Waals surface area (Å²) < 4.78 is 11.1. The number of methoxy groups -OCH3 is 1. The summed E-state index contributed by atoms with van der Waals surface area (Å²) in [6.07, 6.45) is 2.08. The smallest absolute Gasteiger partial charge is 0.106 e. The molecule has 0 radical (unpaired) electrons. The molecule has 1 fully saturated rings. The lowest BCUT2D eigenvalue weighted by Gasteiger charge is -2.28. The van der Waals surface area contributed by atoms with E-state index in [9.17, 15) is 0 Å². The molecule has 0 aromatic carbocycles. The maximum Gasteiger partial charge on any atom is 0.106 e. The molecule has 1 aliphatic rings. The van der Waals surface area contributed by atoms with Gasteiger partial charge in [0.15, 0.2) is 0 Å². The van der Waals surface area contributed by atoms with Crippen molar-refractivity contribution in [3.05, 3.63) is 22.4 Å². The molecule has 3 nitrogen and oxygen atoms in total. The van der Waals surface area contributed by atoms with E-state index >= 15 is 0 Å². The van der Waals surface area contributed by atoms with E-state index in [1.165, 1.54) is 4.88 Å². The van der Waals surface area contributed by atoms with E-state index in [-0.39, 0.29) is 5.60 Å². The van der Waals surface area contributed by atoms with Gasteiger partial charge in [-0.1, -0.05) is 13.0 Å². The summed E-state index contributed by atoms with van der Waals surface area (Å²) >= 11 is 1.81. The zero-order chi connectivity index (χ0) is 12.1. The Kier molecular flexibility index (Phi) is 4.56. The molecule has 96 valence electrons. The van der Waals surface area contributed by atoms with Gasteiger partial charge in [-0.25, -0.2) is 0 Å². The van der Waals surface area contributed by atoms with Crippen molar-refractivity contribution < 1.29 is 9.47 Å². The van der Waals surface area contributed by atoms with E-state index in [1.807, 2.05) is 11.3 Å². The molecule has 0 saturated carbocycles. The number of nitrogens with one attached hydrogen (secondary N) is 1. The van der Waals surface area contributed by atoms with Crippen LogP contribution in [0, 0.1) is 0 Å². The van der Waals surface area contributed by atoms with Crippen molar-refractivity contribution in [1.82, 2.24) is 5.32 Å². The van der Waals surface area contributed by atoms with Gasteiger partial charge in [-0.15, -0.1) is 11.3 Å². The Hall–Kier alpha value is -0.420. The minimum atomic E-state index is -0.120. The Balaban J connectivity index is 1.91. The van der Waals surface area contributed by atoms with Crippen LogP contribution in [0.3, 0.4) is 0 Å². The first-order valence-corrected chi connectivity index (χ1v) is 7.07. The molecule has 1 aromatic rings. The zero-order valence-corrected chi connectivity index (χ0v) is 11.4. The summed E-state index contributed by atoms with van der Waals surface area (Å²) in [5.74, 6) is 0. The third-order valence-corrected chi connectivity index (χ3v) is 4.45. The Morgan fingerprint density at radius 3 is 3.06 bits per heavy atom. The highest BCUT2D eigenvalue weighted by atomic mass is 32.1. The highest BCUT2D eigenvalue weighted by Crippen LogP contribution is 2.25. The predicted molar refractivity (Wildman–Crippen MR) is 70.5 cm³/mol. The van der Waals surface area contributed by atoms with E-state index in [0.29, 0.717) is 12.6 Å². The van der Waals surface area contributed by atoms with Crippen LogP contribution in [0.5, 0.6) is 0 Å². The van der Waals surface area contributed by atoms with Crippen molar-refractivity contribution in [3.8, 4) is 0 Å². The molecule has 2 unspecified atom stereocenters. The highest BCUT2D eigenvalue weighted by Gasteiger charge is 2.35. The van der Waals surface area contributed by atoms with Crippen LogP contribution in [-0.2, 0) is 9.47 Å². The van der Waals surface area contributed by atoms with Crippen LogP contribution in [0.1, 0.15) is 30.7 Å². The standard InChI is InChI=1S/C13H21NO2S/c1-3-11(12-5-4-8-17-12)14-9-13(15-2)6-7-16-10-13/h4-5,8,11,14H,3,6-7,9-10H2,1-2H3. The second-order valence-corrected chi connectivity index (χ2v) is 5.53. The molecule has 2 heterocycles. The Morgan fingerprint density at radius 1 is 1.65 bits per heavy atom. The maximum absolute atomic E-state index is 5.63. The van der Waals surface area contributed by atoms with Gasteiger partial charge in [-0.3, -0.25) is 0 Å². The van der Waals surface area contributed by atoms with Gasteiger partial charge >= 0.3 is 0 Å². The minimum Gasteiger partial charge on any atom is -0.378 e. The number of hydrogen-bond acceptors (Lipinski definition) is 4. The van der Waals surface area contributed by atoms with Gasteiger partial charge in [0.1, 0.15) is 5.60 Å². The Morgan fingerprint density at radius 2 is 2.53 bits per heavy atom. The van der Waals surface area contributed by atoms with Crippen molar-refractivity contribution in [2.75, 3.05) is 26.9 Å². The lowest BCUT2D eigenvalue weighted by atomic mass is 10.0. The lowest BCUT2D eigenvalue weighted by Crippen LogP contribution is -2.43. The first kappa shape index (κ1) is 13.0. The van der Waals surface area contributed by atoms with Crippen molar-refractivity contribution in [3.63, 3.8) is 0 Å². The molecule has 1 aliphatic heterocycles. The van der Waals surface area contributed by atoms with Crippen LogP contribution in [0.2, 0.25) is 0 Å². The van der Waals surface area contributed by atoms with Gasteiger partial charge < -0.3 is 14.8 Å². The fourth-order valence-electron chi connectivity index (χ4n) is 2.21. The van der Waals surface area contributed by atoms with E-state index < -0.39 is 0 Å². The molecular weight excluding hydrogens is 234 g/mol. The van der Waals surface area contributed by atoms with Crippen LogP contribution in [-0.4, -0.2) is 32.5 Å². The normalized spacial score (nSPS) is 26.2. The quantitative estimate of drug-likeness (QED) is 0.847. The number of ether oxygens (including phenoxy) is 2. The summed E-state index contributed by atoms with van der Waals surface area (Å²) in [4.78, 5) is 1.40. The maximum atomic E-state index is 5.63. The minimum absolute atomic E-state index is 0.120. The van der Waals surface area contributed by atoms with Crippen LogP contribution in [0.25, 0.3) is 0 Å². The molecule has 17 heavy (non-hydrogen) atoms. The van der Waals surface area contributed by atoms with Crippen LogP contribution >= 0.6 is 11.3 Å². The van der Waals surface area contributed by atoms with Crippen LogP contribution in [0.4, 0.5) is 0 Å². The SMILES string of the molecule is CCC(NCC1(OC)CCOC1)c1cccs1. The molecule has 4 heteroatoms. The van der Waals surface area contributed by atoms with E-state index in [1.54, 1.807) is 7.11 Å². The lowest BCUT2D eigenvalue weighted by molar-refractivity contribution is -0.0175. The summed E-state index contributed by atoms with van der Waals surface area (Å²) in [5, 5.41) is 5.74. The molecule has 2 rings (SSSR count). The first-order valence-electron chi connectivity index (χ1n) is 6.19. The van der Waals surface area contributed by atoms with Crippen molar-refractivity contribution in [1.29, 1.82) is 0 Å². The largest absolute Gasteiger partial charge is 0.378 e.